The summed E-state index contributed by atoms with van der Waals surface area (Å²) in [5.74, 6) is -0.210. The van der Waals surface area contributed by atoms with Crippen molar-refractivity contribution in [2.45, 2.75) is 24.5 Å². The third-order valence-corrected chi connectivity index (χ3v) is 2.78. The Morgan fingerprint density at radius 3 is 2.56 bits per heavy atom. The van der Waals surface area contributed by atoms with Crippen molar-refractivity contribution in [1.82, 2.24) is 9.55 Å². The van der Waals surface area contributed by atoms with E-state index in [0.717, 1.165) is 10.6 Å². The quantitative estimate of drug-likeness (QED) is 0.373. The summed E-state index contributed by atoms with van der Waals surface area (Å²) in [7, 11) is 0. The average Bonchev–Trinajstić information content (AvgIpc) is 2.56. The minimum Gasteiger partial charge on any atom is -0.394 e. The smallest absolute Gasteiger partial charge is 0.332 e. The second-order valence-electron chi connectivity index (χ2n) is 3.96. The molecule has 9 nitrogen and oxygen atoms in total. The molecule has 1 unspecified atom stereocenters. The van der Waals surface area contributed by atoms with Crippen LogP contribution in [0, 0.1) is 0 Å². The first-order chi connectivity index (χ1) is 8.45. The molecule has 0 aliphatic carbocycles. The largest absolute Gasteiger partial charge is 0.394 e. The molecule has 0 bridgehead atoms. The van der Waals surface area contributed by atoms with Gasteiger partial charge in [0.1, 0.15) is 24.1 Å². The molecular weight excluding hydrogens is 246 g/mol. The second kappa shape index (κ2) is 4.53. The predicted molar refractivity (Wildman–Crippen MR) is 58.7 cm³/mol. The van der Waals surface area contributed by atoms with Crippen LogP contribution in [0.4, 0.5) is 5.82 Å². The van der Waals surface area contributed by atoms with E-state index >= 15 is 0 Å². The van der Waals surface area contributed by atoms with E-state index < -0.39 is 42.4 Å². The number of hydrogen-bond donors (Lipinski definition) is 5. The van der Waals surface area contributed by atoms with Crippen molar-refractivity contribution in [3.8, 4) is 0 Å². The van der Waals surface area contributed by atoms with E-state index in [1.54, 1.807) is 0 Å². The molecule has 0 spiro atoms. The number of H-pyrrole nitrogens is 1. The third-order valence-electron chi connectivity index (χ3n) is 2.78. The molecule has 0 amide bonds. The lowest BCUT2D eigenvalue weighted by atomic mass is 10.1. The van der Waals surface area contributed by atoms with Gasteiger partial charge in [-0.3, -0.25) is 14.3 Å². The Hall–Kier alpha value is -1.68. The van der Waals surface area contributed by atoms with Gasteiger partial charge in [0.25, 0.3) is 5.56 Å². The van der Waals surface area contributed by atoms with Crippen molar-refractivity contribution in [1.29, 1.82) is 0 Å². The van der Waals surface area contributed by atoms with Crippen LogP contribution in [-0.4, -0.2) is 49.8 Å². The van der Waals surface area contributed by atoms with Crippen molar-refractivity contribution in [3.05, 3.63) is 26.9 Å². The number of ether oxygens (including phenoxy) is 1. The summed E-state index contributed by atoms with van der Waals surface area (Å²) in [4.78, 5) is 24.6. The van der Waals surface area contributed by atoms with E-state index in [1.807, 2.05) is 4.98 Å². The lowest BCUT2D eigenvalue weighted by molar-refractivity contribution is -0.0538. The topological polar surface area (TPSA) is 151 Å². The Morgan fingerprint density at radius 2 is 2.06 bits per heavy atom. The van der Waals surface area contributed by atoms with Gasteiger partial charge in [0, 0.05) is 6.07 Å². The fraction of sp³-hybridized carbons (Fsp3) is 0.556. The normalized spacial score (nSPS) is 31.7. The molecule has 9 heteroatoms. The predicted octanol–water partition coefficient (Wildman–Crippen LogP) is -3.27. The van der Waals surface area contributed by atoms with Gasteiger partial charge in [0.2, 0.25) is 0 Å². The average molecular weight is 259 g/mol. The Bertz CT molecular complexity index is 552. The fourth-order valence-corrected chi connectivity index (χ4v) is 1.88. The Kier molecular flexibility index (Phi) is 3.22. The molecule has 18 heavy (non-hydrogen) atoms. The molecule has 2 heterocycles. The maximum atomic E-state index is 11.6. The van der Waals surface area contributed by atoms with Crippen LogP contribution >= 0.6 is 0 Å². The highest BCUT2D eigenvalue weighted by Crippen LogP contribution is 2.29. The maximum Gasteiger partial charge on any atom is 0.332 e. The number of aliphatic hydroxyl groups excluding tert-OH is 3. The summed E-state index contributed by atoms with van der Waals surface area (Å²) in [5, 5.41) is 28.2. The molecule has 2 rings (SSSR count). The van der Waals surface area contributed by atoms with Crippen LogP contribution in [0.5, 0.6) is 0 Å². The van der Waals surface area contributed by atoms with Gasteiger partial charge in [-0.1, -0.05) is 0 Å². The zero-order valence-electron chi connectivity index (χ0n) is 9.18. The number of nitrogens with one attached hydrogen (secondary N) is 1. The highest BCUT2D eigenvalue weighted by molar-refractivity contribution is 5.27. The van der Waals surface area contributed by atoms with Crippen molar-refractivity contribution in [2.24, 2.45) is 0 Å². The SMILES string of the molecule is Nc1cc(=O)[nH]c(=O)n1[C@@H]1O[C@H](CO)[C@H](O)C1O. The van der Waals surface area contributed by atoms with Gasteiger partial charge < -0.3 is 25.8 Å². The van der Waals surface area contributed by atoms with Crippen LogP contribution in [0.2, 0.25) is 0 Å². The molecule has 1 saturated heterocycles. The maximum absolute atomic E-state index is 11.6. The minimum absolute atomic E-state index is 0.210. The summed E-state index contributed by atoms with van der Waals surface area (Å²) in [5.41, 5.74) is 3.96. The van der Waals surface area contributed by atoms with Crippen molar-refractivity contribution < 1.29 is 20.1 Å². The van der Waals surface area contributed by atoms with Gasteiger partial charge >= 0.3 is 5.69 Å². The van der Waals surface area contributed by atoms with Gasteiger partial charge in [-0.25, -0.2) is 4.79 Å². The van der Waals surface area contributed by atoms with Crippen LogP contribution < -0.4 is 17.0 Å². The number of anilines is 1. The fourth-order valence-electron chi connectivity index (χ4n) is 1.88. The first kappa shape index (κ1) is 12.8. The third kappa shape index (κ3) is 1.93. The number of hydrogen-bond acceptors (Lipinski definition) is 7. The molecule has 1 aromatic heterocycles. The molecule has 6 N–H and O–H groups in total. The Labute approximate surface area is 100 Å². The number of nitrogens with zero attached hydrogens (tertiary/aromatic N) is 1. The molecule has 0 radical (unpaired) electrons. The van der Waals surface area contributed by atoms with E-state index in [1.165, 1.54) is 0 Å². The first-order valence-electron chi connectivity index (χ1n) is 5.19. The number of aliphatic hydroxyl groups is 3. The van der Waals surface area contributed by atoms with E-state index in [0.29, 0.717) is 0 Å². The van der Waals surface area contributed by atoms with Gasteiger partial charge in [-0.15, -0.1) is 0 Å². The Morgan fingerprint density at radius 1 is 1.39 bits per heavy atom. The van der Waals surface area contributed by atoms with Crippen LogP contribution in [0.1, 0.15) is 6.23 Å². The van der Waals surface area contributed by atoms with Crippen LogP contribution in [0.25, 0.3) is 0 Å². The van der Waals surface area contributed by atoms with E-state index in [-0.39, 0.29) is 5.82 Å². The van der Waals surface area contributed by atoms with Crippen molar-refractivity contribution in [2.75, 3.05) is 12.3 Å². The zero-order chi connectivity index (χ0) is 13.4. The number of aromatic nitrogens is 2. The molecule has 1 fully saturated rings. The molecule has 100 valence electrons. The zero-order valence-corrected chi connectivity index (χ0v) is 9.18. The summed E-state index contributed by atoms with van der Waals surface area (Å²) in [6, 6.07) is 0.954. The summed E-state index contributed by atoms with van der Waals surface area (Å²) in [6.07, 6.45) is -5.07. The summed E-state index contributed by atoms with van der Waals surface area (Å²) < 4.78 is 5.94. The van der Waals surface area contributed by atoms with E-state index in [2.05, 4.69) is 0 Å². The number of rotatable bonds is 2. The van der Waals surface area contributed by atoms with Gasteiger partial charge in [0.15, 0.2) is 6.23 Å². The van der Waals surface area contributed by atoms with Gasteiger partial charge in [-0.2, -0.15) is 0 Å². The summed E-state index contributed by atoms with van der Waals surface area (Å²) >= 11 is 0. The standard InChI is InChI=1S/C9H13N3O6/c10-4-1-5(14)11-9(17)12(4)8-7(16)6(15)3(2-13)18-8/h1,3,6-8,13,15-16H,2,10H2,(H,11,14,17)/t3-,6+,7?,8-/m1/s1. The molecule has 1 aliphatic heterocycles. The number of nitrogen functional groups attached to an aromatic ring is 1. The number of nitrogens with two attached hydrogens (primary N) is 1. The summed E-state index contributed by atoms with van der Waals surface area (Å²) in [6.45, 7) is -0.521. The second-order valence-corrected chi connectivity index (χ2v) is 3.96. The van der Waals surface area contributed by atoms with Gasteiger partial charge in [-0.05, 0) is 0 Å². The molecule has 1 aromatic rings. The lowest BCUT2D eigenvalue weighted by Gasteiger charge is -2.18. The highest BCUT2D eigenvalue weighted by Gasteiger charge is 2.44. The van der Waals surface area contributed by atoms with Gasteiger partial charge in [0.05, 0.1) is 6.61 Å². The van der Waals surface area contributed by atoms with Crippen LogP contribution in [0.3, 0.4) is 0 Å². The van der Waals surface area contributed by atoms with Crippen molar-refractivity contribution in [3.63, 3.8) is 0 Å². The minimum atomic E-state index is -1.44. The molecular formula is C9H13N3O6. The molecule has 1 aliphatic rings. The first-order valence-corrected chi connectivity index (χ1v) is 5.19. The molecule has 0 aromatic carbocycles. The van der Waals surface area contributed by atoms with E-state index in [9.17, 15) is 19.8 Å². The monoisotopic (exact) mass is 259 g/mol. The number of aromatic amines is 1. The van der Waals surface area contributed by atoms with E-state index in [4.69, 9.17) is 15.6 Å². The van der Waals surface area contributed by atoms with Crippen LogP contribution in [-0.2, 0) is 4.74 Å². The molecule has 4 atom stereocenters. The molecule has 0 saturated carbocycles. The Balaban J connectivity index is 2.45. The van der Waals surface area contributed by atoms with Crippen molar-refractivity contribution >= 4 is 5.82 Å². The lowest BCUT2D eigenvalue weighted by Crippen LogP contribution is -2.39. The highest BCUT2D eigenvalue weighted by atomic mass is 16.6. The van der Waals surface area contributed by atoms with Crippen LogP contribution in [0.15, 0.2) is 15.7 Å².